The number of aromatic nitrogens is 2. The van der Waals surface area contributed by atoms with Gasteiger partial charge in [-0.3, -0.25) is 0 Å². The lowest BCUT2D eigenvalue weighted by Crippen LogP contribution is -1.95. The Kier molecular flexibility index (Phi) is 2.80. The van der Waals surface area contributed by atoms with Gasteiger partial charge in [-0.05, 0) is 30.7 Å². The Hall–Kier alpha value is -2.55. The molecule has 0 aliphatic heterocycles. The highest BCUT2D eigenvalue weighted by atomic mass is 15.3. The van der Waals surface area contributed by atoms with E-state index in [4.69, 9.17) is 5.73 Å². The van der Waals surface area contributed by atoms with Gasteiger partial charge >= 0.3 is 0 Å². The molecule has 1 aromatic heterocycles. The van der Waals surface area contributed by atoms with E-state index in [1.54, 1.807) is 0 Å². The number of benzene rings is 2. The first kappa shape index (κ1) is 11.5. The van der Waals surface area contributed by atoms with Crippen molar-refractivity contribution >= 4 is 5.69 Å². The first-order valence-electron chi connectivity index (χ1n) is 6.20. The third kappa shape index (κ3) is 2.36. The molecule has 0 radical (unpaired) electrons. The maximum absolute atomic E-state index is 5.79. The SMILES string of the molecule is Cc1cccc(-c2cnn(-c3cccc(N)c3)c2)c1. The predicted octanol–water partition coefficient (Wildman–Crippen LogP) is 3.43. The minimum absolute atomic E-state index is 0.741. The van der Waals surface area contributed by atoms with Crippen LogP contribution in [0.2, 0.25) is 0 Å². The molecule has 3 nitrogen and oxygen atoms in total. The van der Waals surface area contributed by atoms with Crippen LogP contribution in [0, 0.1) is 6.92 Å². The maximum atomic E-state index is 5.79. The van der Waals surface area contributed by atoms with Gasteiger partial charge in [0.1, 0.15) is 0 Å². The van der Waals surface area contributed by atoms with E-state index in [2.05, 4.69) is 36.3 Å². The molecule has 1 heterocycles. The fraction of sp³-hybridized carbons (Fsp3) is 0.0625. The summed E-state index contributed by atoms with van der Waals surface area (Å²) < 4.78 is 1.84. The van der Waals surface area contributed by atoms with E-state index in [0.717, 1.165) is 16.9 Å². The quantitative estimate of drug-likeness (QED) is 0.707. The standard InChI is InChI=1S/C16H15N3/c1-12-4-2-5-13(8-12)14-10-18-19(11-14)16-7-3-6-15(17)9-16/h2-11H,17H2,1H3. The van der Waals surface area contributed by atoms with Gasteiger partial charge in [-0.15, -0.1) is 0 Å². The van der Waals surface area contributed by atoms with Crippen molar-refractivity contribution in [2.75, 3.05) is 5.73 Å². The molecule has 0 saturated heterocycles. The minimum atomic E-state index is 0.741. The summed E-state index contributed by atoms with van der Waals surface area (Å²) in [5.74, 6) is 0. The average Bonchev–Trinajstić information content (AvgIpc) is 2.88. The maximum Gasteiger partial charge on any atom is 0.0666 e. The lowest BCUT2D eigenvalue weighted by atomic mass is 10.1. The molecule has 0 spiro atoms. The molecule has 2 aromatic carbocycles. The van der Waals surface area contributed by atoms with Crippen molar-refractivity contribution < 1.29 is 0 Å². The number of rotatable bonds is 2. The summed E-state index contributed by atoms with van der Waals surface area (Å²) in [5.41, 5.74) is 11.0. The summed E-state index contributed by atoms with van der Waals surface area (Å²) in [5, 5.41) is 4.39. The molecule has 3 heteroatoms. The van der Waals surface area contributed by atoms with Crippen molar-refractivity contribution in [2.45, 2.75) is 6.92 Å². The fourth-order valence-electron chi connectivity index (χ4n) is 2.11. The van der Waals surface area contributed by atoms with Crippen LogP contribution in [0.25, 0.3) is 16.8 Å². The van der Waals surface area contributed by atoms with Gasteiger partial charge in [0, 0.05) is 17.4 Å². The Labute approximate surface area is 112 Å². The Bertz CT molecular complexity index is 653. The monoisotopic (exact) mass is 249 g/mol. The van der Waals surface area contributed by atoms with Crippen LogP contribution >= 0.6 is 0 Å². The molecule has 0 amide bonds. The third-order valence-electron chi connectivity index (χ3n) is 3.07. The minimum Gasteiger partial charge on any atom is -0.399 e. The molecule has 0 fully saturated rings. The highest BCUT2D eigenvalue weighted by Crippen LogP contribution is 2.21. The normalized spacial score (nSPS) is 10.6. The molecule has 0 atom stereocenters. The highest BCUT2D eigenvalue weighted by Gasteiger charge is 2.03. The fourth-order valence-corrected chi connectivity index (χ4v) is 2.11. The predicted molar refractivity (Wildman–Crippen MR) is 78.1 cm³/mol. The van der Waals surface area contributed by atoms with E-state index in [1.165, 1.54) is 11.1 Å². The van der Waals surface area contributed by atoms with Crippen LogP contribution in [0.5, 0.6) is 0 Å². The van der Waals surface area contributed by atoms with Crippen molar-refractivity contribution in [3.63, 3.8) is 0 Å². The molecular formula is C16H15N3. The van der Waals surface area contributed by atoms with E-state index in [0.29, 0.717) is 0 Å². The molecule has 0 saturated carbocycles. The second kappa shape index (κ2) is 4.61. The summed E-state index contributed by atoms with van der Waals surface area (Å²) in [6.45, 7) is 2.09. The zero-order chi connectivity index (χ0) is 13.2. The number of anilines is 1. The molecular weight excluding hydrogens is 234 g/mol. The Morgan fingerprint density at radius 3 is 2.63 bits per heavy atom. The molecule has 3 rings (SSSR count). The molecule has 2 N–H and O–H groups in total. The summed E-state index contributed by atoms with van der Waals surface area (Å²) in [4.78, 5) is 0. The van der Waals surface area contributed by atoms with Gasteiger partial charge in [-0.25, -0.2) is 4.68 Å². The molecule has 0 aliphatic rings. The summed E-state index contributed by atoms with van der Waals surface area (Å²) in [6, 6.07) is 16.1. The van der Waals surface area contributed by atoms with Crippen molar-refractivity contribution in [1.82, 2.24) is 9.78 Å². The molecule has 19 heavy (non-hydrogen) atoms. The van der Waals surface area contributed by atoms with Crippen molar-refractivity contribution in [3.8, 4) is 16.8 Å². The van der Waals surface area contributed by atoms with Crippen molar-refractivity contribution in [2.24, 2.45) is 0 Å². The number of aryl methyl sites for hydroxylation is 1. The van der Waals surface area contributed by atoms with E-state index < -0.39 is 0 Å². The van der Waals surface area contributed by atoms with Crippen LogP contribution in [0.1, 0.15) is 5.56 Å². The molecule has 0 bridgehead atoms. The second-order valence-electron chi connectivity index (χ2n) is 4.64. The van der Waals surface area contributed by atoms with E-state index in [1.807, 2.05) is 41.3 Å². The largest absolute Gasteiger partial charge is 0.399 e. The van der Waals surface area contributed by atoms with Crippen molar-refractivity contribution in [3.05, 3.63) is 66.5 Å². The first-order chi connectivity index (χ1) is 9.22. The van der Waals surface area contributed by atoms with Gasteiger partial charge < -0.3 is 5.73 Å². The van der Waals surface area contributed by atoms with Gasteiger partial charge in [-0.2, -0.15) is 5.10 Å². The molecule has 0 aliphatic carbocycles. The number of nitrogen functional groups attached to an aromatic ring is 1. The highest BCUT2D eigenvalue weighted by molar-refractivity contribution is 5.63. The molecule has 0 unspecified atom stereocenters. The lowest BCUT2D eigenvalue weighted by molar-refractivity contribution is 0.881. The van der Waals surface area contributed by atoms with Crippen LogP contribution in [0.15, 0.2) is 60.9 Å². The summed E-state index contributed by atoms with van der Waals surface area (Å²) in [7, 11) is 0. The first-order valence-corrected chi connectivity index (χ1v) is 6.20. The summed E-state index contributed by atoms with van der Waals surface area (Å²) >= 11 is 0. The zero-order valence-corrected chi connectivity index (χ0v) is 10.7. The van der Waals surface area contributed by atoms with Gasteiger partial charge in [0.05, 0.1) is 11.9 Å². The number of hydrogen-bond donors (Lipinski definition) is 1. The van der Waals surface area contributed by atoms with Crippen LogP contribution in [-0.4, -0.2) is 9.78 Å². The van der Waals surface area contributed by atoms with Crippen LogP contribution in [0.3, 0.4) is 0 Å². The topological polar surface area (TPSA) is 43.8 Å². The van der Waals surface area contributed by atoms with E-state index in [-0.39, 0.29) is 0 Å². The third-order valence-corrected chi connectivity index (χ3v) is 3.07. The Morgan fingerprint density at radius 1 is 1.00 bits per heavy atom. The van der Waals surface area contributed by atoms with Gasteiger partial charge in [-0.1, -0.05) is 35.9 Å². The van der Waals surface area contributed by atoms with E-state index >= 15 is 0 Å². The van der Waals surface area contributed by atoms with E-state index in [9.17, 15) is 0 Å². The lowest BCUT2D eigenvalue weighted by Gasteiger charge is -2.02. The van der Waals surface area contributed by atoms with Gasteiger partial charge in [0.15, 0.2) is 0 Å². The van der Waals surface area contributed by atoms with Crippen molar-refractivity contribution in [1.29, 1.82) is 0 Å². The second-order valence-corrected chi connectivity index (χ2v) is 4.64. The van der Waals surface area contributed by atoms with Crippen LogP contribution in [0.4, 0.5) is 5.69 Å². The molecule has 94 valence electrons. The van der Waals surface area contributed by atoms with Gasteiger partial charge in [0.2, 0.25) is 0 Å². The van der Waals surface area contributed by atoms with Crippen LogP contribution < -0.4 is 5.73 Å². The number of nitrogens with two attached hydrogens (primary N) is 1. The Morgan fingerprint density at radius 2 is 1.84 bits per heavy atom. The number of nitrogens with zero attached hydrogens (tertiary/aromatic N) is 2. The number of hydrogen-bond acceptors (Lipinski definition) is 2. The summed E-state index contributed by atoms with van der Waals surface area (Å²) in [6.07, 6.45) is 3.89. The Balaban J connectivity index is 2.00. The van der Waals surface area contributed by atoms with Crippen LogP contribution in [-0.2, 0) is 0 Å². The smallest absolute Gasteiger partial charge is 0.0666 e. The van der Waals surface area contributed by atoms with Gasteiger partial charge in [0.25, 0.3) is 0 Å². The molecule has 3 aromatic rings. The zero-order valence-electron chi connectivity index (χ0n) is 10.7. The average molecular weight is 249 g/mol.